The van der Waals surface area contributed by atoms with Gasteiger partial charge in [-0.3, -0.25) is 0 Å². The Bertz CT molecular complexity index is 708. The largest absolute Gasteiger partial charge is 0.335 e. The highest BCUT2D eigenvalue weighted by atomic mass is 16.2. The molecule has 5 nitrogen and oxygen atoms in total. The van der Waals surface area contributed by atoms with E-state index >= 15 is 0 Å². The highest BCUT2D eigenvalue weighted by Crippen LogP contribution is 2.40. The second-order valence-electron chi connectivity index (χ2n) is 5.35. The quantitative estimate of drug-likeness (QED) is 0.907. The van der Waals surface area contributed by atoms with Gasteiger partial charge in [-0.1, -0.05) is 30.3 Å². The molecule has 1 aliphatic rings. The molecule has 2 aromatic rings. The van der Waals surface area contributed by atoms with Gasteiger partial charge >= 0.3 is 6.03 Å². The van der Waals surface area contributed by atoms with Gasteiger partial charge in [0.25, 0.3) is 0 Å². The fraction of sp³-hybridized carbons (Fsp3) is 0.235. The van der Waals surface area contributed by atoms with Crippen molar-refractivity contribution in [1.82, 2.24) is 15.6 Å². The monoisotopic (exact) mass is 292 g/mol. The second-order valence-corrected chi connectivity index (χ2v) is 5.35. The number of hydrogen-bond donors (Lipinski definition) is 2. The first-order valence-electron chi connectivity index (χ1n) is 7.20. The average molecular weight is 292 g/mol. The van der Waals surface area contributed by atoms with E-state index < -0.39 is 0 Å². The molecule has 1 aromatic carbocycles. The van der Waals surface area contributed by atoms with Gasteiger partial charge in [0.05, 0.1) is 0 Å². The molecule has 1 aliphatic carbocycles. The van der Waals surface area contributed by atoms with Crippen LogP contribution >= 0.6 is 0 Å². The third-order valence-electron chi connectivity index (χ3n) is 3.73. The fourth-order valence-electron chi connectivity index (χ4n) is 2.47. The number of pyridine rings is 1. The van der Waals surface area contributed by atoms with E-state index in [-0.39, 0.29) is 12.1 Å². The van der Waals surface area contributed by atoms with E-state index in [2.05, 4.69) is 27.8 Å². The highest BCUT2D eigenvalue weighted by molar-refractivity contribution is 5.74. The Hall–Kier alpha value is -2.87. The minimum Gasteiger partial charge on any atom is -0.335 e. The molecule has 0 saturated heterocycles. The molecule has 0 spiro atoms. The Labute approximate surface area is 129 Å². The second kappa shape index (κ2) is 6.27. The summed E-state index contributed by atoms with van der Waals surface area (Å²) >= 11 is 0. The van der Waals surface area contributed by atoms with E-state index in [9.17, 15) is 4.79 Å². The topological polar surface area (TPSA) is 77.8 Å². The summed E-state index contributed by atoms with van der Waals surface area (Å²) in [4.78, 5) is 15.8. The van der Waals surface area contributed by atoms with Crippen molar-refractivity contribution in [2.45, 2.75) is 24.9 Å². The third kappa shape index (κ3) is 3.41. The number of carbonyl (C=O) groups is 1. The zero-order valence-electron chi connectivity index (χ0n) is 12.0. The number of amides is 2. The van der Waals surface area contributed by atoms with Crippen LogP contribution in [-0.4, -0.2) is 17.1 Å². The van der Waals surface area contributed by atoms with Gasteiger partial charge in [-0.15, -0.1) is 0 Å². The van der Waals surface area contributed by atoms with Crippen molar-refractivity contribution < 1.29 is 4.79 Å². The number of carbonyl (C=O) groups excluding carboxylic acids is 1. The van der Waals surface area contributed by atoms with Gasteiger partial charge < -0.3 is 10.6 Å². The first-order chi connectivity index (χ1) is 10.8. The lowest BCUT2D eigenvalue weighted by atomic mass is 10.1. The van der Waals surface area contributed by atoms with E-state index in [1.807, 2.05) is 24.3 Å². The van der Waals surface area contributed by atoms with Crippen LogP contribution < -0.4 is 10.6 Å². The fourth-order valence-corrected chi connectivity index (χ4v) is 2.47. The standard InChI is InChI=1S/C17H16N4O/c18-10-14-8-12(6-7-19-14)11-20-17(22)21-16-9-15(16)13-4-2-1-3-5-13/h1-8,15-16H,9,11H2,(H2,20,21,22). The molecular weight excluding hydrogens is 276 g/mol. The van der Waals surface area contributed by atoms with E-state index in [1.54, 1.807) is 18.3 Å². The van der Waals surface area contributed by atoms with E-state index in [1.165, 1.54) is 5.56 Å². The van der Waals surface area contributed by atoms with Crippen molar-refractivity contribution in [2.24, 2.45) is 0 Å². The van der Waals surface area contributed by atoms with Crippen LogP contribution in [0.3, 0.4) is 0 Å². The summed E-state index contributed by atoms with van der Waals surface area (Å²) < 4.78 is 0. The molecule has 0 bridgehead atoms. The molecular formula is C17H16N4O. The van der Waals surface area contributed by atoms with Gasteiger partial charge in [0.15, 0.2) is 0 Å². The minimum absolute atomic E-state index is 0.182. The smallest absolute Gasteiger partial charge is 0.315 e. The van der Waals surface area contributed by atoms with Gasteiger partial charge in [-0.2, -0.15) is 5.26 Å². The number of aromatic nitrogens is 1. The van der Waals surface area contributed by atoms with Crippen molar-refractivity contribution >= 4 is 6.03 Å². The van der Waals surface area contributed by atoms with Crippen molar-refractivity contribution in [3.8, 4) is 6.07 Å². The number of nitrogens with one attached hydrogen (secondary N) is 2. The normalized spacial score (nSPS) is 19.0. The van der Waals surface area contributed by atoms with Crippen molar-refractivity contribution in [1.29, 1.82) is 5.26 Å². The summed E-state index contributed by atoms with van der Waals surface area (Å²) in [6.45, 7) is 0.381. The summed E-state index contributed by atoms with van der Waals surface area (Å²) in [5.41, 5.74) is 2.48. The van der Waals surface area contributed by atoms with Crippen LogP contribution in [0.2, 0.25) is 0 Å². The predicted octanol–water partition coefficient (Wildman–Crippen LogP) is 2.31. The van der Waals surface area contributed by atoms with Crippen LogP contribution in [0.15, 0.2) is 48.7 Å². The maximum Gasteiger partial charge on any atom is 0.315 e. The third-order valence-corrected chi connectivity index (χ3v) is 3.73. The molecule has 0 radical (unpaired) electrons. The van der Waals surface area contributed by atoms with Crippen molar-refractivity contribution in [3.63, 3.8) is 0 Å². The maximum absolute atomic E-state index is 11.9. The lowest BCUT2D eigenvalue weighted by Crippen LogP contribution is -2.36. The van der Waals surface area contributed by atoms with Crippen molar-refractivity contribution in [3.05, 3.63) is 65.5 Å². The molecule has 1 saturated carbocycles. The van der Waals surface area contributed by atoms with Gasteiger partial charge in [0.2, 0.25) is 0 Å². The van der Waals surface area contributed by atoms with Gasteiger partial charge in [-0.05, 0) is 29.7 Å². The Kier molecular flexibility index (Phi) is 4.01. The van der Waals surface area contributed by atoms with E-state index in [0.29, 0.717) is 18.2 Å². The molecule has 2 atom stereocenters. The van der Waals surface area contributed by atoms with E-state index in [0.717, 1.165) is 12.0 Å². The first-order valence-corrected chi connectivity index (χ1v) is 7.20. The van der Waals surface area contributed by atoms with Gasteiger partial charge in [0.1, 0.15) is 11.8 Å². The lowest BCUT2D eigenvalue weighted by molar-refractivity contribution is 0.240. The molecule has 5 heteroatoms. The lowest BCUT2D eigenvalue weighted by Gasteiger charge is -2.07. The average Bonchev–Trinajstić information content (AvgIpc) is 3.33. The summed E-state index contributed by atoms with van der Waals surface area (Å²) in [6, 6.07) is 15.7. The highest BCUT2D eigenvalue weighted by Gasteiger charge is 2.39. The minimum atomic E-state index is -0.182. The molecule has 0 aliphatic heterocycles. The first kappa shape index (κ1) is 14.1. The zero-order chi connectivity index (χ0) is 15.4. The van der Waals surface area contributed by atoms with Crippen LogP contribution in [-0.2, 0) is 6.54 Å². The Morgan fingerprint density at radius 2 is 2.14 bits per heavy atom. The van der Waals surface area contributed by atoms with Crippen LogP contribution in [0.4, 0.5) is 4.79 Å². The molecule has 3 rings (SSSR count). The Morgan fingerprint density at radius 3 is 2.91 bits per heavy atom. The Morgan fingerprint density at radius 1 is 1.32 bits per heavy atom. The van der Waals surface area contributed by atoms with Crippen LogP contribution in [0.5, 0.6) is 0 Å². The molecule has 110 valence electrons. The van der Waals surface area contributed by atoms with Crippen LogP contribution in [0.1, 0.15) is 29.2 Å². The predicted molar refractivity (Wildman–Crippen MR) is 81.9 cm³/mol. The molecule has 1 fully saturated rings. The zero-order valence-corrected chi connectivity index (χ0v) is 12.0. The van der Waals surface area contributed by atoms with Crippen LogP contribution in [0.25, 0.3) is 0 Å². The summed E-state index contributed by atoms with van der Waals surface area (Å²) in [6.07, 6.45) is 2.55. The number of benzene rings is 1. The number of rotatable bonds is 4. The molecule has 2 N–H and O–H groups in total. The van der Waals surface area contributed by atoms with E-state index in [4.69, 9.17) is 5.26 Å². The molecule has 2 amide bonds. The number of nitrogens with zero attached hydrogens (tertiary/aromatic N) is 2. The maximum atomic E-state index is 11.9. The number of nitriles is 1. The van der Waals surface area contributed by atoms with Gasteiger partial charge in [-0.25, -0.2) is 9.78 Å². The number of hydrogen-bond acceptors (Lipinski definition) is 3. The van der Waals surface area contributed by atoms with Crippen molar-refractivity contribution in [2.75, 3.05) is 0 Å². The van der Waals surface area contributed by atoms with Crippen LogP contribution in [0, 0.1) is 11.3 Å². The molecule has 22 heavy (non-hydrogen) atoms. The number of urea groups is 1. The molecule has 1 heterocycles. The molecule has 1 aromatic heterocycles. The summed E-state index contributed by atoms with van der Waals surface area (Å²) in [7, 11) is 0. The summed E-state index contributed by atoms with van der Waals surface area (Å²) in [5.74, 6) is 0.415. The SMILES string of the molecule is N#Cc1cc(CNC(=O)NC2CC2c2ccccc2)ccn1. The Balaban J connectivity index is 1.47. The molecule has 2 unspecified atom stereocenters. The van der Waals surface area contributed by atoms with Gasteiger partial charge in [0, 0.05) is 24.7 Å². The summed E-state index contributed by atoms with van der Waals surface area (Å²) in [5, 5.41) is 14.6.